The van der Waals surface area contributed by atoms with E-state index in [9.17, 15) is 4.79 Å². The second kappa shape index (κ2) is 5.66. The van der Waals surface area contributed by atoms with Crippen LogP contribution in [0, 0.1) is 6.92 Å². The Kier molecular flexibility index (Phi) is 3.69. The molecule has 22 heavy (non-hydrogen) atoms. The van der Waals surface area contributed by atoms with Crippen LogP contribution in [0.4, 0.5) is 5.69 Å². The highest BCUT2D eigenvalue weighted by Crippen LogP contribution is 2.30. The maximum Gasteiger partial charge on any atom is 0.221 e. The second-order valence-corrected chi connectivity index (χ2v) is 5.49. The van der Waals surface area contributed by atoms with Gasteiger partial charge in [-0.2, -0.15) is 0 Å². The second-order valence-electron chi connectivity index (χ2n) is 5.49. The number of rotatable bonds is 3. The summed E-state index contributed by atoms with van der Waals surface area (Å²) >= 11 is 0. The van der Waals surface area contributed by atoms with Gasteiger partial charge in [-0.3, -0.25) is 4.79 Å². The molecule has 0 saturated heterocycles. The van der Waals surface area contributed by atoms with Gasteiger partial charge in [-0.05, 0) is 30.7 Å². The Hall–Kier alpha value is -2.59. The number of H-pyrrole nitrogens is 1. The molecular weight excluding hydrogens is 274 g/mol. The highest BCUT2D eigenvalue weighted by molar-refractivity contribution is 5.88. The van der Waals surface area contributed by atoms with Crippen LogP contribution in [0.3, 0.4) is 0 Å². The number of hydrogen-bond acceptors (Lipinski definition) is 2. The molecule has 1 aromatic heterocycles. The third-order valence-corrected chi connectivity index (χ3v) is 3.84. The van der Waals surface area contributed by atoms with Gasteiger partial charge in [0, 0.05) is 34.8 Å². The van der Waals surface area contributed by atoms with Crippen LogP contribution in [-0.4, -0.2) is 10.9 Å². The number of para-hydroxylation sites is 1. The van der Waals surface area contributed by atoms with Gasteiger partial charge in [0.1, 0.15) is 0 Å². The number of hydrogen-bond donors (Lipinski definition) is 3. The van der Waals surface area contributed by atoms with Gasteiger partial charge in [0.2, 0.25) is 5.91 Å². The predicted molar refractivity (Wildman–Crippen MR) is 89.8 cm³/mol. The van der Waals surface area contributed by atoms with Crippen molar-refractivity contribution in [2.45, 2.75) is 19.9 Å². The number of aryl methyl sites for hydroxylation is 1. The molecule has 0 aliphatic carbocycles. The Bertz CT molecular complexity index is 818. The van der Waals surface area contributed by atoms with E-state index in [0.717, 1.165) is 33.4 Å². The first kappa shape index (κ1) is 14.4. The molecule has 1 atom stereocenters. The molecule has 1 unspecified atom stereocenters. The average molecular weight is 293 g/mol. The average Bonchev–Trinajstić information content (AvgIpc) is 2.82. The Balaban J connectivity index is 1.97. The Morgan fingerprint density at radius 3 is 2.50 bits per heavy atom. The molecule has 0 fully saturated rings. The Labute approximate surface area is 129 Å². The van der Waals surface area contributed by atoms with Gasteiger partial charge >= 0.3 is 0 Å². The first-order valence-corrected chi connectivity index (χ1v) is 7.26. The molecule has 1 heterocycles. The third-order valence-electron chi connectivity index (χ3n) is 3.84. The quantitative estimate of drug-likeness (QED) is 0.692. The third kappa shape index (κ3) is 2.61. The summed E-state index contributed by atoms with van der Waals surface area (Å²) in [5.41, 5.74) is 11.6. The number of carbonyl (C=O) groups is 1. The lowest BCUT2D eigenvalue weighted by atomic mass is 9.97. The van der Waals surface area contributed by atoms with Gasteiger partial charge in [0.05, 0.1) is 6.04 Å². The van der Waals surface area contributed by atoms with Crippen molar-refractivity contribution >= 4 is 22.5 Å². The van der Waals surface area contributed by atoms with E-state index in [1.165, 1.54) is 6.92 Å². The molecule has 4 N–H and O–H groups in total. The molecule has 0 radical (unpaired) electrons. The van der Waals surface area contributed by atoms with E-state index in [1.54, 1.807) is 0 Å². The van der Waals surface area contributed by atoms with E-state index in [4.69, 9.17) is 5.73 Å². The number of aromatic nitrogens is 1. The van der Waals surface area contributed by atoms with E-state index in [2.05, 4.69) is 22.4 Å². The highest BCUT2D eigenvalue weighted by atomic mass is 16.1. The van der Waals surface area contributed by atoms with Gasteiger partial charge in [0.25, 0.3) is 0 Å². The predicted octanol–water partition coefficient (Wildman–Crippen LogP) is 3.48. The van der Waals surface area contributed by atoms with Crippen LogP contribution in [0.2, 0.25) is 0 Å². The van der Waals surface area contributed by atoms with E-state index in [0.29, 0.717) is 0 Å². The molecular formula is C18H19N3O. The lowest BCUT2D eigenvalue weighted by Gasteiger charge is -2.14. The van der Waals surface area contributed by atoms with Crippen molar-refractivity contribution in [3.63, 3.8) is 0 Å². The molecule has 0 saturated carbocycles. The van der Waals surface area contributed by atoms with E-state index >= 15 is 0 Å². The smallest absolute Gasteiger partial charge is 0.221 e. The zero-order valence-corrected chi connectivity index (χ0v) is 12.7. The fourth-order valence-electron chi connectivity index (χ4n) is 2.84. The normalized spacial score (nSPS) is 12.3. The molecule has 0 spiro atoms. The van der Waals surface area contributed by atoms with Crippen LogP contribution in [-0.2, 0) is 4.79 Å². The maximum absolute atomic E-state index is 11.1. The number of anilines is 1. The topological polar surface area (TPSA) is 70.9 Å². The summed E-state index contributed by atoms with van der Waals surface area (Å²) < 4.78 is 0. The van der Waals surface area contributed by atoms with Gasteiger partial charge in [-0.1, -0.05) is 30.3 Å². The Morgan fingerprint density at radius 2 is 1.82 bits per heavy atom. The minimum Gasteiger partial charge on any atom is -0.358 e. The molecule has 4 heteroatoms. The van der Waals surface area contributed by atoms with Gasteiger partial charge < -0.3 is 16.0 Å². The van der Waals surface area contributed by atoms with Crippen molar-refractivity contribution in [3.8, 4) is 0 Å². The van der Waals surface area contributed by atoms with E-state index < -0.39 is 0 Å². The van der Waals surface area contributed by atoms with Crippen molar-refractivity contribution in [3.05, 3.63) is 65.4 Å². The lowest BCUT2D eigenvalue weighted by molar-refractivity contribution is -0.114. The summed E-state index contributed by atoms with van der Waals surface area (Å²) in [5.74, 6) is -0.0791. The van der Waals surface area contributed by atoms with Crippen LogP contribution >= 0.6 is 0 Å². The summed E-state index contributed by atoms with van der Waals surface area (Å²) in [5, 5.41) is 3.91. The van der Waals surface area contributed by atoms with Crippen molar-refractivity contribution < 1.29 is 4.79 Å². The van der Waals surface area contributed by atoms with E-state index in [1.807, 2.05) is 43.3 Å². The van der Waals surface area contributed by atoms with Gasteiger partial charge in [-0.25, -0.2) is 0 Å². The van der Waals surface area contributed by atoms with E-state index in [-0.39, 0.29) is 11.9 Å². The molecule has 0 bridgehead atoms. The standard InChI is InChI=1S/C18H19N3O/c1-11-17(15-5-3-4-6-16(15)20-11)18(19)13-7-9-14(10-8-13)21-12(2)22/h3-10,18,20H,19H2,1-2H3,(H,21,22). The summed E-state index contributed by atoms with van der Waals surface area (Å²) in [6.45, 7) is 3.54. The fourth-order valence-corrected chi connectivity index (χ4v) is 2.84. The van der Waals surface area contributed by atoms with Crippen molar-refractivity contribution in [2.24, 2.45) is 5.73 Å². The SMILES string of the molecule is CC(=O)Nc1ccc(C(N)c2c(C)[nH]c3ccccc23)cc1. The number of amides is 1. The molecule has 112 valence electrons. The molecule has 3 rings (SSSR count). The molecule has 1 amide bonds. The largest absolute Gasteiger partial charge is 0.358 e. The zero-order chi connectivity index (χ0) is 15.7. The number of carbonyl (C=O) groups excluding carboxylic acids is 1. The number of fused-ring (bicyclic) bond motifs is 1. The van der Waals surface area contributed by atoms with Crippen LogP contribution in [0.5, 0.6) is 0 Å². The maximum atomic E-state index is 11.1. The number of nitrogens with two attached hydrogens (primary N) is 1. The van der Waals surface area contributed by atoms with Crippen LogP contribution in [0.1, 0.15) is 29.8 Å². The molecule has 0 aliphatic rings. The minimum atomic E-state index is -0.206. The van der Waals surface area contributed by atoms with Gasteiger partial charge in [-0.15, -0.1) is 0 Å². The van der Waals surface area contributed by atoms with Crippen molar-refractivity contribution in [2.75, 3.05) is 5.32 Å². The summed E-state index contributed by atoms with van der Waals surface area (Å²) in [6.07, 6.45) is 0. The number of benzene rings is 2. The fraction of sp³-hybridized carbons (Fsp3) is 0.167. The molecule has 3 aromatic rings. The molecule has 4 nitrogen and oxygen atoms in total. The monoisotopic (exact) mass is 293 g/mol. The summed E-state index contributed by atoms with van der Waals surface area (Å²) in [7, 11) is 0. The lowest BCUT2D eigenvalue weighted by Crippen LogP contribution is -2.13. The number of aromatic amines is 1. The first-order valence-electron chi connectivity index (χ1n) is 7.26. The first-order chi connectivity index (χ1) is 10.6. The highest BCUT2D eigenvalue weighted by Gasteiger charge is 2.16. The minimum absolute atomic E-state index is 0.0791. The van der Waals surface area contributed by atoms with Crippen LogP contribution in [0.15, 0.2) is 48.5 Å². The molecule has 0 aliphatic heterocycles. The van der Waals surface area contributed by atoms with Crippen LogP contribution < -0.4 is 11.1 Å². The summed E-state index contributed by atoms with van der Waals surface area (Å²) in [4.78, 5) is 14.4. The zero-order valence-electron chi connectivity index (χ0n) is 12.7. The van der Waals surface area contributed by atoms with Gasteiger partial charge in [0.15, 0.2) is 0 Å². The molecule has 2 aromatic carbocycles. The van der Waals surface area contributed by atoms with Crippen molar-refractivity contribution in [1.29, 1.82) is 0 Å². The van der Waals surface area contributed by atoms with Crippen molar-refractivity contribution in [1.82, 2.24) is 4.98 Å². The summed E-state index contributed by atoms with van der Waals surface area (Å²) in [6, 6.07) is 15.6. The van der Waals surface area contributed by atoms with Crippen LogP contribution in [0.25, 0.3) is 10.9 Å². The number of nitrogens with one attached hydrogen (secondary N) is 2. The Morgan fingerprint density at radius 1 is 1.14 bits per heavy atom.